The van der Waals surface area contributed by atoms with Crippen molar-refractivity contribution in [3.8, 4) is 5.75 Å². The van der Waals surface area contributed by atoms with Crippen LogP contribution in [-0.2, 0) is 0 Å². The summed E-state index contributed by atoms with van der Waals surface area (Å²) in [7, 11) is 0. The van der Waals surface area contributed by atoms with Gasteiger partial charge in [0, 0.05) is 10.0 Å². The summed E-state index contributed by atoms with van der Waals surface area (Å²) in [6.07, 6.45) is 1.54. The number of phenols is 1. The molecule has 0 aliphatic carbocycles. The molecule has 0 saturated carbocycles. The van der Waals surface area contributed by atoms with Gasteiger partial charge in [-0.05, 0) is 24.6 Å². The molecule has 0 aliphatic heterocycles. The number of hydrogen-bond donors (Lipinski definition) is 2. The molecule has 0 bridgehead atoms. The number of para-hydroxylation sites is 1. The lowest BCUT2D eigenvalue weighted by molar-refractivity contribution is 0.0952. The first-order valence-electron chi connectivity index (χ1n) is 5.96. The molecule has 4 nitrogen and oxygen atoms in total. The molecule has 0 spiro atoms. The third-order valence-electron chi connectivity index (χ3n) is 2.76. The minimum atomic E-state index is -0.450. The van der Waals surface area contributed by atoms with E-state index in [9.17, 15) is 9.90 Å². The van der Waals surface area contributed by atoms with Crippen LogP contribution in [0.25, 0.3) is 0 Å². The molecule has 102 valence electrons. The van der Waals surface area contributed by atoms with Crippen molar-refractivity contribution in [1.82, 2.24) is 5.43 Å². The lowest BCUT2D eigenvalue weighted by atomic mass is 10.1. The number of phenolic OH excluding ortho intramolecular Hbond substituents is 1. The minimum Gasteiger partial charge on any atom is -0.507 e. The Bertz CT molecular complexity index is 669. The maximum Gasteiger partial charge on any atom is 0.275 e. The number of halogens is 1. The van der Waals surface area contributed by atoms with E-state index in [0.29, 0.717) is 5.56 Å². The first-order chi connectivity index (χ1) is 9.59. The van der Waals surface area contributed by atoms with Crippen LogP contribution in [0.2, 0.25) is 0 Å². The van der Waals surface area contributed by atoms with Gasteiger partial charge in [0.25, 0.3) is 5.91 Å². The Balaban J connectivity index is 2.10. The van der Waals surface area contributed by atoms with Crippen LogP contribution < -0.4 is 5.43 Å². The van der Waals surface area contributed by atoms with Gasteiger partial charge >= 0.3 is 0 Å². The van der Waals surface area contributed by atoms with Crippen LogP contribution in [0.5, 0.6) is 5.75 Å². The van der Waals surface area contributed by atoms with E-state index in [2.05, 4.69) is 26.5 Å². The van der Waals surface area contributed by atoms with E-state index < -0.39 is 5.91 Å². The molecular formula is C15H13BrN2O2. The normalized spacial score (nSPS) is 10.7. The smallest absolute Gasteiger partial charge is 0.275 e. The van der Waals surface area contributed by atoms with E-state index in [1.165, 1.54) is 6.21 Å². The van der Waals surface area contributed by atoms with Crippen molar-refractivity contribution >= 4 is 28.1 Å². The van der Waals surface area contributed by atoms with Crippen molar-refractivity contribution in [3.63, 3.8) is 0 Å². The van der Waals surface area contributed by atoms with Crippen molar-refractivity contribution in [2.24, 2.45) is 5.10 Å². The van der Waals surface area contributed by atoms with Crippen LogP contribution in [0.3, 0.4) is 0 Å². The molecule has 0 heterocycles. The van der Waals surface area contributed by atoms with E-state index in [1.54, 1.807) is 25.1 Å². The van der Waals surface area contributed by atoms with Gasteiger partial charge in [0.15, 0.2) is 0 Å². The number of nitrogens with one attached hydrogen (secondary N) is 1. The highest BCUT2D eigenvalue weighted by Gasteiger charge is 2.11. The summed E-state index contributed by atoms with van der Waals surface area (Å²) >= 11 is 3.39. The Morgan fingerprint density at radius 3 is 2.75 bits per heavy atom. The molecule has 0 fully saturated rings. The average Bonchev–Trinajstić information content (AvgIpc) is 2.44. The number of aromatic hydroxyl groups is 1. The van der Waals surface area contributed by atoms with Crippen molar-refractivity contribution in [1.29, 1.82) is 0 Å². The molecule has 0 aromatic heterocycles. The topological polar surface area (TPSA) is 61.7 Å². The number of nitrogens with zero attached hydrogens (tertiary/aromatic N) is 1. The van der Waals surface area contributed by atoms with Crippen LogP contribution in [0.4, 0.5) is 0 Å². The number of benzene rings is 2. The summed E-state index contributed by atoms with van der Waals surface area (Å²) in [5, 5.41) is 13.7. The van der Waals surface area contributed by atoms with Gasteiger partial charge in [-0.2, -0.15) is 5.10 Å². The first kappa shape index (κ1) is 14.3. The minimum absolute atomic E-state index is 0.0268. The molecule has 2 aromatic carbocycles. The van der Waals surface area contributed by atoms with Crippen molar-refractivity contribution < 1.29 is 9.90 Å². The Labute approximate surface area is 125 Å². The summed E-state index contributed by atoms with van der Waals surface area (Å²) in [5.41, 5.74) is 4.09. The fourth-order valence-corrected chi connectivity index (χ4v) is 2.03. The number of carbonyl (C=O) groups is 1. The Morgan fingerprint density at radius 1 is 1.25 bits per heavy atom. The third kappa shape index (κ3) is 3.24. The molecule has 0 radical (unpaired) electrons. The van der Waals surface area contributed by atoms with Crippen molar-refractivity contribution in [2.75, 3.05) is 0 Å². The average molecular weight is 333 g/mol. The van der Waals surface area contributed by atoms with E-state index in [-0.39, 0.29) is 11.3 Å². The quantitative estimate of drug-likeness (QED) is 0.669. The van der Waals surface area contributed by atoms with Crippen molar-refractivity contribution in [3.05, 3.63) is 63.6 Å². The summed E-state index contributed by atoms with van der Waals surface area (Å²) in [6, 6.07) is 12.5. The SMILES string of the molecule is Cc1cccc(C(=O)N/N=C/c2ccccc2Br)c1O. The fourth-order valence-electron chi connectivity index (χ4n) is 1.64. The number of rotatable bonds is 3. The van der Waals surface area contributed by atoms with E-state index in [4.69, 9.17) is 0 Å². The Morgan fingerprint density at radius 2 is 2.00 bits per heavy atom. The molecule has 2 aromatic rings. The van der Waals surface area contributed by atoms with Crippen LogP contribution in [0, 0.1) is 6.92 Å². The zero-order valence-corrected chi connectivity index (χ0v) is 12.4. The highest BCUT2D eigenvalue weighted by atomic mass is 79.9. The van der Waals surface area contributed by atoms with Gasteiger partial charge < -0.3 is 5.11 Å². The zero-order valence-electron chi connectivity index (χ0n) is 10.8. The van der Waals surface area contributed by atoms with Gasteiger partial charge in [0.1, 0.15) is 5.75 Å². The first-order valence-corrected chi connectivity index (χ1v) is 6.75. The van der Waals surface area contributed by atoms with E-state index in [0.717, 1.165) is 10.0 Å². The highest BCUT2D eigenvalue weighted by Crippen LogP contribution is 2.21. The molecule has 0 atom stereocenters. The lowest BCUT2D eigenvalue weighted by Crippen LogP contribution is -2.17. The summed E-state index contributed by atoms with van der Waals surface area (Å²) in [6.45, 7) is 1.73. The summed E-state index contributed by atoms with van der Waals surface area (Å²) in [4.78, 5) is 11.9. The number of aryl methyl sites for hydroxylation is 1. The molecule has 2 N–H and O–H groups in total. The number of hydrazone groups is 1. The molecule has 0 unspecified atom stereocenters. The van der Waals surface area contributed by atoms with Gasteiger partial charge in [-0.25, -0.2) is 5.43 Å². The van der Waals surface area contributed by atoms with E-state index >= 15 is 0 Å². The molecular weight excluding hydrogens is 320 g/mol. The Hall–Kier alpha value is -2.14. The molecule has 0 aliphatic rings. The molecule has 2 rings (SSSR count). The van der Waals surface area contributed by atoms with Crippen LogP contribution in [0.1, 0.15) is 21.5 Å². The van der Waals surface area contributed by atoms with E-state index in [1.807, 2.05) is 24.3 Å². The number of hydrogen-bond acceptors (Lipinski definition) is 3. The largest absolute Gasteiger partial charge is 0.507 e. The van der Waals surface area contributed by atoms with Gasteiger partial charge in [-0.1, -0.05) is 46.3 Å². The van der Waals surface area contributed by atoms with Gasteiger partial charge in [0.2, 0.25) is 0 Å². The maximum absolute atomic E-state index is 11.9. The molecule has 5 heteroatoms. The standard InChI is InChI=1S/C15H13BrN2O2/c1-10-5-4-7-12(14(10)19)15(20)18-17-9-11-6-2-3-8-13(11)16/h2-9,19H,1H3,(H,18,20)/b17-9+. The molecule has 20 heavy (non-hydrogen) atoms. The Kier molecular flexibility index (Phi) is 4.53. The van der Waals surface area contributed by atoms with Crippen LogP contribution in [0.15, 0.2) is 52.0 Å². The second-order valence-corrected chi connectivity index (χ2v) is 5.05. The third-order valence-corrected chi connectivity index (χ3v) is 3.48. The van der Waals surface area contributed by atoms with Crippen LogP contribution in [-0.4, -0.2) is 17.2 Å². The van der Waals surface area contributed by atoms with Gasteiger partial charge in [-0.15, -0.1) is 0 Å². The highest BCUT2D eigenvalue weighted by molar-refractivity contribution is 9.10. The maximum atomic E-state index is 11.9. The predicted molar refractivity (Wildman–Crippen MR) is 82.0 cm³/mol. The lowest BCUT2D eigenvalue weighted by Gasteiger charge is -2.05. The van der Waals surface area contributed by atoms with Crippen LogP contribution >= 0.6 is 15.9 Å². The molecule has 0 saturated heterocycles. The fraction of sp³-hybridized carbons (Fsp3) is 0.0667. The number of carbonyl (C=O) groups excluding carboxylic acids is 1. The monoisotopic (exact) mass is 332 g/mol. The van der Waals surface area contributed by atoms with Gasteiger partial charge in [0.05, 0.1) is 11.8 Å². The van der Waals surface area contributed by atoms with Crippen molar-refractivity contribution in [2.45, 2.75) is 6.92 Å². The van der Waals surface area contributed by atoms with Gasteiger partial charge in [-0.3, -0.25) is 4.79 Å². The zero-order chi connectivity index (χ0) is 14.5. The number of amides is 1. The molecule has 1 amide bonds. The summed E-state index contributed by atoms with van der Waals surface area (Å²) < 4.78 is 0.886. The predicted octanol–water partition coefficient (Wildman–Crippen LogP) is 3.23. The summed E-state index contributed by atoms with van der Waals surface area (Å²) in [5.74, 6) is -0.476. The second-order valence-electron chi connectivity index (χ2n) is 4.19. The second kappa shape index (κ2) is 6.34.